The van der Waals surface area contributed by atoms with Crippen molar-refractivity contribution < 1.29 is 14.7 Å². The van der Waals surface area contributed by atoms with E-state index in [9.17, 15) is 4.79 Å². The molecule has 1 heterocycles. The standard InChI is InChI=1S/C22H26N4O3/c1-21(2,3)29-20(27)24-22(4,5)16-9-6-14(7-10-16)15-8-11-18-17(12-15)19(13-23-28)26-25-18/h6-13,28H,1-5H3,(H,24,27)(H,25,26). The summed E-state index contributed by atoms with van der Waals surface area (Å²) in [5.41, 5.74) is 3.30. The van der Waals surface area contributed by atoms with E-state index in [-0.39, 0.29) is 0 Å². The summed E-state index contributed by atoms with van der Waals surface area (Å²) in [5, 5.41) is 22.7. The van der Waals surface area contributed by atoms with Crippen molar-refractivity contribution in [3.05, 3.63) is 53.7 Å². The number of ether oxygens (including phenoxy) is 1. The van der Waals surface area contributed by atoms with Crippen molar-refractivity contribution in [2.75, 3.05) is 0 Å². The molecule has 0 saturated carbocycles. The Bertz CT molecular complexity index is 1040. The molecule has 2 aromatic carbocycles. The van der Waals surface area contributed by atoms with Gasteiger partial charge in [0.2, 0.25) is 0 Å². The highest BCUT2D eigenvalue weighted by molar-refractivity contribution is 5.98. The lowest BCUT2D eigenvalue weighted by molar-refractivity contribution is 0.0470. The van der Waals surface area contributed by atoms with Gasteiger partial charge in [0.1, 0.15) is 11.3 Å². The Labute approximate surface area is 169 Å². The van der Waals surface area contributed by atoms with Gasteiger partial charge in [-0.25, -0.2) is 4.79 Å². The highest BCUT2D eigenvalue weighted by Gasteiger charge is 2.26. The van der Waals surface area contributed by atoms with Gasteiger partial charge in [-0.2, -0.15) is 5.10 Å². The Hall–Kier alpha value is -3.35. The molecule has 3 rings (SSSR count). The Morgan fingerprint density at radius 3 is 2.38 bits per heavy atom. The maximum absolute atomic E-state index is 12.1. The number of benzene rings is 2. The van der Waals surface area contributed by atoms with Crippen molar-refractivity contribution in [2.24, 2.45) is 5.16 Å². The number of nitrogens with zero attached hydrogens (tertiary/aromatic N) is 2. The molecule has 29 heavy (non-hydrogen) atoms. The lowest BCUT2D eigenvalue weighted by Gasteiger charge is -2.29. The molecule has 7 nitrogen and oxygen atoms in total. The molecule has 7 heteroatoms. The quantitative estimate of drug-likeness (QED) is 0.336. The van der Waals surface area contributed by atoms with Gasteiger partial charge in [-0.3, -0.25) is 5.10 Å². The number of aromatic amines is 1. The Balaban J connectivity index is 1.83. The van der Waals surface area contributed by atoms with Gasteiger partial charge >= 0.3 is 6.09 Å². The number of fused-ring (bicyclic) bond motifs is 1. The molecule has 0 unspecified atom stereocenters. The zero-order chi connectivity index (χ0) is 21.2. The van der Waals surface area contributed by atoms with E-state index in [1.807, 2.05) is 77.1 Å². The van der Waals surface area contributed by atoms with Gasteiger partial charge in [-0.15, -0.1) is 0 Å². The molecule has 3 aromatic rings. The summed E-state index contributed by atoms with van der Waals surface area (Å²) in [4.78, 5) is 12.1. The van der Waals surface area contributed by atoms with Crippen LogP contribution in [0.5, 0.6) is 0 Å². The van der Waals surface area contributed by atoms with E-state index in [1.165, 1.54) is 6.21 Å². The maximum atomic E-state index is 12.1. The molecule has 0 radical (unpaired) electrons. The van der Waals surface area contributed by atoms with E-state index in [4.69, 9.17) is 9.94 Å². The molecule has 1 aromatic heterocycles. The van der Waals surface area contributed by atoms with Gasteiger partial charge in [0, 0.05) is 5.39 Å². The smallest absolute Gasteiger partial charge is 0.408 e. The summed E-state index contributed by atoms with van der Waals surface area (Å²) in [6.07, 6.45) is 0.853. The molecule has 0 saturated heterocycles. The predicted octanol–water partition coefficient (Wildman–Crippen LogP) is 4.80. The van der Waals surface area contributed by atoms with Crippen LogP contribution in [0.2, 0.25) is 0 Å². The van der Waals surface area contributed by atoms with Crippen molar-refractivity contribution in [2.45, 2.75) is 45.8 Å². The third-order valence-electron chi connectivity index (χ3n) is 4.53. The second kappa shape index (κ2) is 7.58. The first-order valence-electron chi connectivity index (χ1n) is 9.37. The molecule has 0 spiro atoms. The number of oxime groups is 1. The summed E-state index contributed by atoms with van der Waals surface area (Å²) in [6, 6.07) is 13.9. The lowest BCUT2D eigenvalue weighted by atomic mass is 9.92. The largest absolute Gasteiger partial charge is 0.444 e. The zero-order valence-corrected chi connectivity index (χ0v) is 17.3. The van der Waals surface area contributed by atoms with Crippen LogP contribution >= 0.6 is 0 Å². The van der Waals surface area contributed by atoms with Crippen LogP contribution in [0.15, 0.2) is 47.6 Å². The van der Waals surface area contributed by atoms with Gasteiger partial charge in [0.15, 0.2) is 0 Å². The first-order chi connectivity index (χ1) is 13.6. The molecule has 3 N–H and O–H groups in total. The van der Waals surface area contributed by atoms with Gasteiger partial charge in [0.05, 0.1) is 17.3 Å². The number of nitrogens with one attached hydrogen (secondary N) is 2. The number of rotatable bonds is 4. The first kappa shape index (κ1) is 20.4. The predicted molar refractivity (Wildman–Crippen MR) is 113 cm³/mol. The van der Waals surface area contributed by atoms with Gasteiger partial charge < -0.3 is 15.3 Å². The minimum atomic E-state index is -0.583. The molecule has 0 aliphatic rings. The summed E-state index contributed by atoms with van der Waals surface area (Å²) >= 11 is 0. The Kier molecular flexibility index (Phi) is 5.33. The van der Waals surface area contributed by atoms with Crippen LogP contribution in [0.25, 0.3) is 22.0 Å². The fraction of sp³-hybridized carbons (Fsp3) is 0.318. The number of hydrogen-bond donors (Lipinski definition) is 3. The van der Waals surface area contributed by atoms with Crippen molar-refractivity contribution >= 4 is 23.2 Å². The van der Waals surface area contributed by atoms with Crippen LogP contribution in [0.3, 0.4) is 0 Å². The summed E-state index contributed by atoms with van der Waals surface area (Å²) in [5.74, 6) is 0. The fourth-order valence-electron chi connectivity index (χ4n) is 3.08. The molecule has 0 aliphatic heterocycles. The van der Waals surface area contributed by atoms with Crippen LogP contribution in [0.4, 0.5) is 4.79 Å². The van der Waals surface area contributed by atoms with Crippen molar-refractivity contribution in [1.82, 2.24) is 15.5 Å². The summed E-state index contributed by atoms with van der Waals surface area (Å²) in [6.45, 7) is 9.38. The second-order valence-electron chi connectivity index (χ2n) is 8.44. The molecule has 1 amide bonds. The monoisotopic (exact) mass is 394 g/mol. The number of amides is 1. The van der Waals surface area contributed by atoms with E-state index in [2.05, 4.69) is 20.7 Å². The number of aromatic nitrogens is 2. The number of hydrogen-bond acceptors (Lipinski definition) is 5. The average Bonchev–Trinajstić information content (AvgIpc) is 3.02. The maximum Gasteiger partial charge on any atom is 0.408 e. The van der Waals surface area contributed by atoms with E-state index < -0.39 is 17.2 Å². The summed E-state index contributed by atoms with van der Waals surface area (Å²) < 4.78 is 5.37. The van der Waals surface area contributed by atoms with Crippen LogP contribution in [-0.4, -0.2) is 33.3 Å². The molecule has 0 bridgehead atoms. The Morgan fingerprint density at radius 2 is 1.76 bits per heavy atom. The van der Waals surface area contributed by atoms with Gasteiger partial charge in [-0.1, -0.05) is 35.5 Å². The first-order valence-corrected chi connectivity index (χ1v) is 9.37. The van der Waals surface area contributed by atoms with Crippen molar-refractivity contribution in [1.29, 1.82) is 0 Å². The molecule has 0 aliphatic carbocycles. The Morgan fingerprint density at radius 1 is 1.10 bits per heavy atom. The van der Waals surface area contributed by atoms with Crippen molar-refractivity contribution in [3.63, 3.8) is 0 Å². The minimum Gasteiger partial charge on any atom is -0.444 e. The average molecular weight is 394 g/mol. The molecule has 0 atom stereocenters. The van der Waals surface area contributed by atoms with Crippen LogP contribution in [0, 0.1) is 0 Å². The van der Waals surface area contributed by atoms with Crippen LogP contribution < -0.4 is 5.32 Å². The zero-order valence-electron chi connectivity index (χ0n) is 17.3. The minimum absolute atomic E-state index is 0.449. The van der Waals surface area contributed by atoms with Gasteiger partial charge in [-0.05, 0) is 63.4 Å². The van der Waals surface area contributed by atoms with E-state index in [1.54, 1.807) is 0 Å². The SMILES string of the molecule is CC(C)(C)OC(=O)NC(C)(C)c1ccc(-c2ccc3[nH]nc(C=NO)c3c2)cc1. The lowest BCUT2D eigenvalue weighted by Crippen LogP contribution is -2.43. The van der Waals surface area contributed by atoms with E-state index in [0.29, 0.717) is 5.69 Å². The third kappa shape index (κ3) is 4.74. The third-order valence-corrected chi connectivity index (χ3v) is 4.53. The van der Waals surface area contributed by atoms with Crippen molar-refractivity contribution in [3.8, 4) is 11.1 Å². The van der Waals surface area contributed by atoms with Gasteiger partial charge in [0.25, 0.3) is 0 Å². The van der Waals surface area contributed by atoms with Crippen LogP contribution in [0.1, 0.15) is 45.9 Å². The normalized spacial score (nSPS) is 12.4. The number of H-pyrrole nitrogens is 1. The topological polar surface area (TPSA) is 99.6 Å². The van der Waals surface area contributed by atoms with Crippen LogP contribution in [-0.2, 0) is 10.3 Å². The van der Waals surface area contributed by atoms with E-state index >= 15 is 0 Å². The highest BCUT2D eigenvalue weighted by Crippen LogP contribution is 2.28. The molecular formula is C22H26N4O3. The second-order valence-corrected chi connectivity index (χ2v) is 8.44. The molecule has 0 fully saturated rings. The molecular weight excluding hydrogens is 368 g/mol. The fourth-order valence-corrected chi connectivity index (χ4v) is 3.08. The number of alkyl carbamates (subject to hydrolysis) is 1. The molecule has 152 valence electrons. The number of carbonyl (C=O) groups is 1. The summed E-state index contributed by atoms with van der Waals surface area (Å²) in [7, 11) is 0. The highest BCUT2D eigenvalue weighted by atomic mass is 16.6. The van der Waals surface area contributed by atoms with E-state index in [0.717, 1.165) is 27.6 Å². The number of carbonyl (C=O) groups excluding carboxylic acids is 1.